The number of hydrogen-bond donors (Lipinski definition) is 2. The number of carbonyl (C=O) groups is 1. The SMILES string of the molecule is Cc1c(Nc2cnccc2C(=O)O)cnn1-c1cccc(Br)c1. The average Bonchev–Trinajstić information content (AvgIpc) is 2.89. The van der Waals surface area contributed by atoms with Gasteiger partial charge in [0.1, 0.15) is 0 Å². The number of benzene rings is 1. The Morgan fingerprint density at radius 1 is 1.26 bits per heavy atom. The number of carboxylic acids is 1. The highest BCUT2D eigenvalue weighted by atomic mass is 79.9. The monoisotopic (exact) mass is 372 g/mol. The van der Waals surface area contributed by atoms with Crippen molar-refractivity contribution in [3.05, 3.63) is 64.7 Å². The summed E-state index contributed by atoms with van der Waals surface area (Å²) in [5.74, 6) is -1.01. The Labute approximate surface area is 140 Å². The van der Waals surface area contributed by atoms with Gasteiger partial charge < -0.3 is 10.4 Å². The third-order valence-corrected chi connectivity index (χ3v) is 3.88. The Bertz CT molecular complexity index is 876. The van der Waals surface area contributed by atoms with Crippen LogP contribution < -0.4 is 5.32 Å². The van der Waals surface area contributed by atoms with Crippen LogP contribution in [0.5, 0.6) is 0 Å². The van der Waals surface area contributed by atoms with Crippen LogP contribution in [0, 0.1) is 6.92 Å². The van der Waals surface area contributed by atoms with E-state index in [1.165, 1.54) is 18.5 Å². The van der Waals surface area contributed by atoms with E-state index in [1.807, 2.05) is 31.2 Å². The molecule has 23 heavy (non-hydrogen) atoms. The molecular weight excluding hydrogens is 360 g/mol. The minimum absolute atomic E-state index is 0.162. The molecule has 0 aliphatic rings. The summed E-state index contributed by atoms with van der Waals surface area (Å²) in [5.41, 5.74) is 3.09. The summed E-state index contributed by atoms with van der Waals surface area (Å²) in [6.07, 6.45) is 4.60. The number of halogens is 1. The molecule has 6 nitrogen and oxygen atoms in total. The van der Waals surface area contributed by atoms with Gasteiger partial charge in [0.2, 0.25) is 0 Å². The van der Waals surface area contributed by atoms with Crippen molar-refractivity contribution in [2.45, 2.75) is 6.92 Å². The molecule has 116 valence electrons. The molecular formula is C16H13BrN4O2. The number of carboxylic acid groups (broad SMARTS) is 1. The van der Waals surface area contributed by atoms with Gasteiger partial charge in [0, 0.05) is 10.7 Å². The Hall–Kier alpha value is -2.67. The van der Waals surface area contributed by atoms with Gasteiger partial charge in [0.15, 0.2) is 0 Å². The summed E-state index contributed by atoms with van der Waals surface area (Å²) in [4.78, 5) is 15.2. The maximum Gasteiger partial charge on any atom is 0.337 e. The van der Waals surface area contributed by atoms with E-state index in [9.17, 15) is 9.90 Å². The van der Waals surface area contributed by atoms with E-state index in [1.54, 1.807) is 10.9 Å². The first-order valence-corrected chi connectivity index (χ1v) is 7.60. The maximum atomic E-state index is 11.3. The fraction of sp³-hybridized carbons (Fsp3) is 0.0625. The van der Waals surface area contributed by atoms with E-state index >= 15 is 0 Å². The third-order valence-electron chi connectivity index (χ3n) is 3.38. The number of anilines is 2. The van der Waals surface area contributed by atoms with Crippen LogP contribution in [0.4, 0.5) is 11.4 Å². The molecule has 0 unspecified atom stereocenters. The van der Waals surface area contributed by atoms with Crippen LogP contribution >= 0.6 is 15.9 Å². The molecule has 2 aromatic heterocycles. The van der Waals surface area contributed by atoms with Crippen LogP contribution in [0.2, 0.25) is 0 Å². The largest absolute Gasteiger partial charge is 0.478 e. The van der Waals surface area contributed by atoms with E-state index in [0.717, 1.165) is 21.5 Å². The van der Waals surface area contributed by atoms with Crippen molar-refractivity contribution < 1.29 is 9.90 Å². The number of pyridine rings is 1. The molecule has 2 heterocycles. The lowest BCUT2D eigenvalue weighted by atomic mass is 10.2. The van der Waals surface area contributed by atoms with E-state index in [4.69, 9.17) is 0 Å². The topological polar surface area (TPSA) is 80.0 Å². The lowest BCUT2D eigenvalue weighted by molar-refractivity contribution is 0.0698. The molecule has 0 radical (unpaired) electrons. The van der Waals surface area contributed by atoms with Gasteiger partial charge in [-0.3, -0.25) is 4.98 Å². The summed E-state index contributed by atoms with van der Waals surface area (Å²) in [5, 5.41) is 16.7. The molecule has 0 fully saturated rings. The van der Waals surface area contributed by atoms with Crippen LogP contribution in [0.1, 0.15) is 16.1 Å². The second-order valence-corrected chi connectivity index (χ2v) is 5.80. The first-order chi connectivity index (χ1) is 11.1. The fourth-order valence-electron chi connectivity index (χ4n) is 2.23. The third kappa shape index (κ3) is 3.09. The molecule has 0 saturated carbocycles. The lowest BCUT2D eigenvalue weighted by Crippen LogP contribution is -2.04. The van der Waals surface area contributed by atoms with Crippen LogP contribution in [0.15, 0.2) is 53.4 Å². The second-order valence-electron chi connectivity index (χ2n) is 4.89. The number of rotatable bonds is 4. The van der Waals surface area contributed by atoms with Gasteiger partial charge in [-0.15, -0.1) is 0 Å². The van der Waals surface area contributed by atoms with Crippen molar-refractivity contribution >= 4 is 33.3 Å². The zero-order valence-electron chi connectivity index (χ0n) is 12.2. The van der Waals surface area contributed by atoms with Gasteiger partial charge in [-0.1, -0.05) is 22.0 Å². The number of nitrogens with one attached hydrogen (secondary N) is 1. The van der Waals surface area contributed by atoms with Gasteiger partial charge in [-0.2, -0.15) is 5.10 Å². The molecule has 0 bridgehead atoms. The molecule has 2 N–H and O–H groups in total. The van der Waals surface area contributed by atoms with E-state index in [-0.39, 0.29) is 5.56 Å². The number of aromatic nitrogens is 3. The standard InChI is InChI=1S/C16H13BrN4O2/c1-10-14(20-15-8-18-6-5-13(15)16(22)23)9-19-21(10)12-4-2-3-11(17)7-12/h2-9,20H,1H3,(H,22,23). The van der Waals surface area contributed by atoms with Crippen LogP contribution in [-0.4, -0.2) is 25.8 Å². The molecule has 3 rings (SSSR count). The normalized spacial score (nSPS) is 10.5. The lowest BCUT2D eigenvalue weighted by Gasteiger charge is -2.09. The molecule has 0 atom stereocenters. The fourth-order valence-corrected chi connectivity index (χ4v) is 2.61. The molecule has 0 aliphatic heterocycles. The minimum Gasteiger partial charge on any atom is -0.478 e. The van der Waals surface area contributed by atoms with Crippen LogP contribution in [0.3, 0.4) is 0 Å². The predicted molar refractivity (Wildman–Crippen MR) is 90.5 cm³/mol. The van der Waals surface area contributed by atoms with Crippen molar-refractivity contribution in [2.24, 2.45) is 0 Å². The summed E-state index contributed by atoms with van der Waals surface area (Å²) < 4.78 is 2.74. The molecule has 0 spiro atoms. The van der Waals surface area contributed by atoms with E-state index in [2.05, 4.69) is 31.3 Å². The highest BCUT2D eigenvalue weighted by Gasteiger charge is 2.13. The van der Waals surface area contributed by atoms with Gasteiger partial charge in [0.05, 0.1) is 40.7 Å². The van der Waals surface area contributed by atoms with Gasteiger partial charge in [-0.25, -0.2) is 9.48 Å². The zero-order valence-corrected chi connectivity index (χ0v) is 13.8. The molecule has 1 aromatic carbocycles. The van der Waals surface area contributed by atoms with Crippen LogP contribution in [0.25, 0.3) is 5.69 Å². The second kappa shape index (κ2) is 6.21. The number of nitrogens with zero attached hydrogens (tertiary/aromatic N) is 3. The highest BCUT2D eigenvalue weighted by molar-refractivity contribution is 9.10. The Balaban J connectivity index is 1.96. The first-order valence-electron chi connectivity index (χ1n) is 6.81. The van der Waals surface area contributed by atoms with Crippen molar-refractivity contribution in [3.63, 3.8) is 0 Å². The summed E-state index contributed by atoms with van der Waals surface area (Å²) in [7, 11) is 0. The summed E-state index contributed by atoms with van der Waals surface area (Å²) in [6, 6.07) is 9.23. The van der Waals surface area contributed by atoms with Crippen molar-refractivity contribution in [3.8, 4) is 5.69 Å². The van der Waals surface area contributed by atoms with Crippen LogP contribution in [-0.2, 0) is 0 Å². The Kier molecular flexibility index (Phi) is 4.12. The van der Waals surface area contributed by atoms with Crippen molar-refractivity contribution in [1.29, 1.82) is 0 Å². The summed E-state index contributed by atoms with van der Waals surface area (Å²) >= 11 is 3.44. The Morgan fingerprint density at radius 3 is 2.83 bits per heavy atom. The van der Waals surface area contributed by atoms with E-state index in [0.29, 0.717) is 5.69 Å². The molecule has 7 heteroatoms. The molecule has 0 aliphatic carbocycles. The zero-order chi connectivity index (χ0) is 16.4. The molecule has 0 saturated heterocycles. The molecule has 3 aromatic rings. The molecule has 0 amide bonds. The Morgan fingerprint density at radius 2 is 2.09 bits per heavy atom. The van der Waals surface area contributed by atoms with E-state index < -0.39 is 5.97 Å². The van der Waals surface area contributed by atoms with Gasteiger partial charge in [-0.05, 0) is 31.2 Å². The first kappa shape index (κ1) is 15.2. The van der Waals surface area contributed by atoms with Crippen molar-refractivity contribution in [2.75, 3.05) is 5.32 Å². The maximum absolute atomic E-state index is 11.3. The van der Waals surface area contributed by atoms with Gasteiger partial charge in [0.25, 0.3) is 0 Å². The number of aromatic carboxylic acids is 1. The minimum atomic E-state index is -1.01. The summed E-state index contributed by atoms with van der Waals surface area (Å²) in [6.45, 7) is 1.91. The highest BCUT2D eigenvalue weighted by Crippen LogP contribution is 2.25. The average molecular weight is 373 g/mol. The number of hydrogen-bond acceptors (Lipinski definition) is 4. The predicted octanol–water partition coefficient (Wildman–Crippen LogP) is 3.78. The van der Waals surface area contributed by atoms with Gasteiger partial charge >= 0.3 is 5.97 Å². The van der Waals surface area contributed by atoms with Crippen molar-refractivity contribution in [1.82, 2.24) is 14.8 Å². The quantitative estimate of drug-likeness (QED) is 0.728. The smallest absolute Gasteiger partial charge is 0.337 e.